The van der Waals surface area contributed by atoms with Gasteiger partial charge >= 0.3 is 0 Å². The highest BCUT2D eigenvalue weighted by molar-refractivity contribution is 7.99. The van der Waals surface area contributed by atoms with Crippen molar-refractivity contribution >= 4 is 17.7 Å². The number of hydrogen-bond donors (Lipinski definition) is 0. The summed E-state index contributed by atoms with van der Waals surface area (Å²) >= 11 is 1.21. The van der Waals surface area contributed by atoms with Crippen LogP contribution in [0.5, 0.6) is 11.5 Å². The van der Waals surface area contributed by atoms with Gasteiger partial charge in [-0.2, -0.15) is 0 Å². The zero-order valence-electron chi connectivity index (χ0n) is 16.8. The molecule has 0 N–H and O–H groups in total. The maximum atomic E-state index is 12.7. The number of rotatable bonds is 9. The number of thioether (sulfide) groups is 1. The van der Waals surface area contributed by atoms with Crippen LogP contribution >= 0.6 is 11.8 Å². The van der Waals surface area contributed by atoms with E-state index in [0.29, 0.717) is 41.5 Å². The molecule has 2 aromatic heterocycles. The van der Waals surface area contributed by atoms with Crippen LogP contribution in [0.3, 0.4) is 0 Å². The van der Waals surface area contributed by atoms with Crippen LogP contribution < -0.4 is 9.47 Å². The molecule has 0 saturated heterocycles. The van der Waals surface area contributed by atoms with E-state index in [9.17, 15) is 4.79 Å². The Balaban J connectivity index is 1.60. The molecule has 29 heavy (non-hydrogen) atoms. The Hall–Kier alpha value is -2.94. The lowest BCUT2D eigenvalue weighted by Gasteiger charge is -2.21. The highest BCUT2D eigenvalue weighted by Gasteiger charge is 2.17. The Morgan fingerprint density at radius 2 is 1.97 bits per heavy atom. The molecule has 0 bridgehead atoms. The molecule has 1 aromatic carbocycles. The fraction of sp³-hybridized carbons (Fsp3) is 0.350. The Morgan fingerprint density at radius 1 is 1.17 bits per heavy atom. The van der Waals surface area contributed by atoms with Gasteiger partial charge in [0.1, 0.15) is 5.76 Å². The van der Waals surface area contributed by atoms with Gasteiger partial charge in [0.2, 0.25) is 5.91 Å². The zero-order chi connectivity index (χ0) is 20.8. The van der Waals surface area contributed by atoms with E-state index >= 15 is 0 Å². The van der Waals surface area contributed by atoms with Crippen molar-refractivity contribution in [3.63, 3.8) is 0 Å². The summed E-state index contributed by atoms with van der Waals surface area (Å²) in [6.45, 7) is 4.82. The first kappa shape index (κ1) is 20.8. The highest BCUT2D eigenvalue weighted by Crippen LogP contribution is 2.29. The molecule has 0 saturated carbocycles. The standard InChI is InChI=1S/C20H23N3O5S/c1-5-23(11-14-6-7-16(25-3)17(10-14)26-4)18(24)12-29-20-22-21-19(28-20)15-8-9-27-13(15)2/h6-10H,5,11-12H2,1-4H3. The number of benzene rings is 1. The predicted octanol–water partition coefficient (Wildman–Crippen LogP) is 3.80. The molecule has 0 radical (unpaired) electrons. The number of furan rings is 1. The number of aryl methyl sites for hydroxylation is 1. The minimum atomic E-state index is -0.0217. The van der Waals surface area contributed by atoms with E-state index in [4.69, 9.17) is 18.3 Å². The van der Waals surface area contributed by atoms with Crippen molar-refractivity contribution in [2.24, 2.45) is 0 Å². The van der Waals surface area contributed by atoms with Gasteiger partial charge in [-0.1, -0.05) is 17.8 Å². The van der Waals surface area contributed by atoms with Gasteiger partial charge in [0, 0.05) is 13.1 Å². The van der Waals surface area contributed by atoms with Crippen molar-refractivity contribution in [1.82, 2.24) is 15.1 Å². The number of amides is 1. The smallest absolute Gasteiger partial charge is 0.277 e. The lowest BCUT2D eigenvalue weighted by Crippen LogP contribution is -2.31. The van der Waals surface area contributed by atoms with Gasteiger partial charge in [0.25, 0.3) is 11.1 Å². The number of carbonyl (C=O) groups is 1. The fourth-order valence-corrected chi connectivity index (χ4v) is 3.44. The molecular weight excluding hydrogens is 394 g/mol. The molecule has 8 nitrogen and oxygen atoms in total. The van der Waals surface area contributed by atoms with E-state index in [0.717, 1.165) is 11.1 Å². The maximum absolute atomic E-state index is 12.7. The molecule has 0 aliphatic carbocycles. The van der Waals surface area contributed by atoms with Crippen LogP contribution in [-0.2, 0) is 11.3 Å². The predicted molar refractivity (Wildman–Crippen MR) is 108 cm³/mol. The SMILES string of the molecule is CCN(Cc1ccc(OC)c(OC)c1)C(=O)CSc1nnc(-c2ccoc2C)o1. The van der Waals surface area contributed by atoms with Crippen molar-refractivity contribution in [2.45, 2.75) is 25.6 Å². The molecule has 3 rings (SSSR count). The summed E-state index contributed by atoms with van der Waals surface area (Å²) in [4.78, 5) is 14.4. The summed E-state index contributed by atoms with van der Waals surface area (Å²) in [5, 5.41) is 8.36. The average molecular weight is 417 g/mol. The van der Waals surface area contributed by atoms with Crippen molar-refractivity contribution in [3.05, 3.63) is 41.9 Å². The van der Waals surface area contributed by atoms with E-state index in [1.54, 1.807) is 31.4 Å². The van der Waals surface area contributed by atoms with Gasteiger partial charge < -0.3 is 23.2 Å². The van der Waals surface area contributed by atoms with Crippen LogP contribution in [0.1, 0.15) is 18.2 Å². The number of methoxy groups -OCH3 is 2. The van der Waals surface area contributed by atoms with Crippen molar-refractivity contribution in [3.8, 4) is 23.0 Å². The molecule has 2 heterocycles. The fourth-order valence-electron chi connectivity index (χ4n) is 2.77. The monoisotopic (exact) mass is 417 g/mol. The van der Waals surface area contributed by atoms with Crippen LogP contribution in [0.25, 0.3) is 11.5 Å². The molecule has 1 amide bonds. The molecule has 0 aliphatic heterocycles. The van der Waals surface area contributed by atoms with E-state index < -0.39 is 0 Å². The summed E-state index contributed by atoms with van der Waals surface area (Å²) in [6, 6.07) is 7.39. The number of aromatic nitrogens is 2. The lowest BCUT2D eigenvalue weighted by molar-refractivity contribution is -0.128. The number of nitrogens with zero attached hydrogens (tertiary/aromatic N) is 3. The normalized spacial score (nSPS) is 10.8. The third-order valence-corrected chi connectivity index (χ3v) is 5.17. The second-order valence-corrected chi connectivity index (χ2v) is 7.08. The van der Waals surface area contributed by atoms with Gasteiger partial charge in [-0.3, -0.25) is 4.79 Å². The van der Waals surface area contributed by atoms with E-state index in [1.165, 1.54) is 11.8 Å². The van der Waals surface area contributed by atoms with Gasteiger partial charge in [-0.05, 0) is 37.6 Å². The highest BCUT2D eigenvalue weighted by atomic mass is 32.2. The van der Waals surface area contributed by atoms with Crippen molar-refractivity contribution in [1.29, 1.82) is 0 Å². The molecule has 0 atom stereocenters. The second kappa shape index (κ2) is 9.51. The van der Waals surface area contributed by atoms with Crippen LogP contribution in [0.4, 0.5) is 0 Å². The summed E-state index contributed by atoms with van der Waals surface area (Å²) in [7, 11) is 3.18. The van der Waals surface area contributed by atoms with Crippen molar-refractivity contribution < 1.29 is 23.1 Å². The molecule has 0 fully saturated rings. The van der Waals surface area contributed by atoms with E-state index in [2.05, 4.69) is 10.2 Å². The van der Waals surface area contributed by atoms with E-state index in [-0.39, 0.29) is 11.7 Å². The lowest BCUT2D eigenvalue weighted by atomic mass is 10.2. The quantitative estimate of drug-likeness (QED) is 0.486. The number of carbonyl (C=O) groups excluding carboxylic acids is 1. The second-order valence-electron chi connectivity index (χ2n) is 6.15. The number of ether oxygens (including phenoxy) is 2. The van der Waals surface area contributed by atoms with Gasteiger partial charge in [-0.15, -0.1) is 10.2 Å². The van der Waals surface area contributed by atoms with Crippen molar-refractivity contribution in [2.75, 3.05) is 26.5 Å². The summed E-state index contributed by atoms with van der Waals surface area (Å²) in [6.07, 6.45) is 1.57. The summed E-state index contributed by atoms with van der Waals surface area (Å²) in [5.74, 6) is 2.55. The zero-order valence-corrected chi connectivity index (χ0v) is 17.6. The maximum Gasteiger partial charge on any atom is 0.277 e. The first-order chi connectivity index (χ1) is 14.0. The van der Waals surface area contributed by atoms with Gasteiger partial charge in [-0.25, -0.2) is 0 Å². The van der Waals surface area contributed by atoms with Crippen LogP contribution in [0, 0.1) is 6.92 Å². The van der Waals surface area contributed by atoms with Gasteiger partial charge in [0.05, 0.1) is 31.8 Å². The third kappa shape index (κ3) is 4.92. The largest absolute Gasteiger partial charge is 0.493 e. The Kier molecular flexibility index (Phi) is 6.82. The first-order valence-electron chi connectivity index (χ1n) is 9.05. The molecule has 0 spiro atoms. The average Bonchev–Trinajstić information content (AvgIpc) is 3.38. The van der Waals surface area contributed by atoms with Crippen LogP contribution in [0.2, 0.25) is 0 Å². The molecule has 3 aromatic rings. The first-order valence-corrected chi connectivity index (χ1v) is 10.0. The van der Waals surface area contributed by atoms with E-state index in [1.807, 2.05) is 32.0 Å². The van der Waals surface area contributed by atoms with Gasteiger partial charge in [0.15, 0.2) is 11.5 Å². The summed E-state index contributed by atoms with van der Waals surface area (Å²) < 4.78 is 21.5. The molecule has 9 heteroatoms. The minimum absolute atomic E-state index is 0.0217. The topological polar surface area (TPSA) is 90.8 Å². The Morgan fingerprint density at radius 3 is 2.62 bits per heavy atom. The minimum Gasteiger partial charge on any atom is -0.493 e. The van der Waals surface area contributed by atoms with Crippen LogP contribution in [0.15, 0.2) is 44.6 Å². The Bertz CT molecular complexity index is 969. The molecule has 0 aliphatic rings. The third-order valence-electron chi connectivity index (χ3n) is 4.37. The Labute approximate surface area is 173 Å². The number of hydrogen-bond acceptors (Lipinski definition) is 8. The molecule has 0 unspecified atom stereocenters. The molecule has 154 valence electrons. The summed E-state index contributed by atoms with van der Waals surface area (Å²) in [5.41, 5.74) is 1.71. The van der Waals surface area contributed by atoms with Crippen LogP contribution in [-0.4, -0.2) is 47.5 Å². The molecular formula is C20H23N3O5S.